The lowest BCUT2D eigenvalue weighted by molar-refractivity contribution is -0.126. The lowest BCUT2D eigenvalue weighted by Crippen LogP contribution is -2.52. The summed E-state index contributed by atoms with van der Waals surface area (Å²) >= 11 is 0. The molecule has 1 aromatic carbocycles. The van der Waals surface area contributed by atoms with Gasteiger partial charge in [0.05, 0.1) is 12.2 Å². The van der Waals surface area contributed by atoms with E-state index in [4.69, 9.17) is 9.47 Å². The highest BCUT2D eigenvalue weighted by Gasteiger charge is 2.34. The molecule has 29 heavy (non-hydrogen) atoms. The second kappa shape index (κ2) is 10.5. The Morgan fingerprint density at radius 2 is 1.97 bits per heavy atom. The van der Waals surface area contributed by atoms with Gasteiger partial charge in [-0.05, 0) is 44.7 Å². The summed E-state index contributed by atoms with van der Waals surface area (Å²) < 4.78 is 11.3. The number of rotatable bonds is 7. The first kappa shape index (κ1) is 21.4. The van der Waals surface area contributed by atoms with Crippen LogP contribution in [0.5, 0.6) is 5.75 Å². The van der Waals surface area contributed by atoms with Crippen molar-refractivity contribution in [1.29, 1.82) is 0 Å². The third kappa shape index (κ3) is 5.41. The summed E-state index contributed by atoms with van der Waals surface area (Å²) in [5.74, 6) is 0.836. The molecule has 2 heterocycles. The maximum atomic E-state index is 13.2. The first-order valence-corrected chi connectivity index (χ1v) is 10.8. The van der Waals surface area contributed by atoms with E-state index >= 15 is 0 Å². The van der Waals surface area contributed by atoms with Crippen LogP contribution in [-0.4, -0.2) is 62.3 Å². The van der Waals surface area contributed by atoms with Crippen molar-refractivity contribution in [2.75, 3.05) is 44.3 Å². The number of benzene rings is 1. The summed E-state index contributed by atoms with van der Waals surface area (Å²) in [5, 5.41) is 3.00. The molecule has 0 aliphatic carbocycles. The van der Waals surface area contributed by atoms with Crippen molar-refractivity contribution in [2.45, 2.75) is 45.6 Å². The van der Waals surface area contributed by atoms with E-state index in [1.165, 1.54) is 0 Å². The molecule has 1 N–H and O–H groups in total. The molecule has 3 amide bonds. The number of para-hydroxylation sites is 2. The number of nitrogens with zero attached hydrogens (tertiary/aromatic N) is 2. The number of nitrogens with one attached hydrogen (secondary N) is 1. The summed E-state index contributed by atoms with van der Waals surface area (Å²) in [4.78, 5) is 29.3. The molecule has 0 spiro atoms. The van der Waals surface area contributed by atoms with Crippen LogP contribution in [0, 0.1) is 5.92 Å². The average molecular weight is 404 g/mol. The largest absolute Gasteiger partial charge is 0.486 e. The van der Waals surface area contributed by atoms with E-state index in [1.54, 1.807) is 0 Å². The van der Waals surface area contributed by atoms with Gasteiger partial charge in [0.2, 0.25) is 5.91 Å². The third-order valence-electron chi connectivity index (χ3n) is 5.63. The molecule has 1 saturated heterocycles. The molecule has 1 aromatic rings. The van der Waals surface area contributed by atoms with E-state index < -0.39 is 0 Å². The Balaban J connectivity index is 1.52. The Labute approximate surface area is 173 Å². The highest BCUT2D eigenvalue weighted by atomic mass is 16.5. The van der Waals surface area contributed by atoms with Crippen molar-refractivity contribution < 1.29 is 19.1 Å². The van der Waals surface area contributed by atoms with Crippen LogP contribution in [0.4, 0.5) is 10.5 Å². The Morgan fingerprint density at radius 1 is 1.21 bits per heavy atom. The Hall–Kier alpha value is -2.28. The van der Waals surface area contributed by atoms with Crippen LogP contribution in [-0.2, 0) is 9.53 Å². The summed E-state index contributed by atoms with van der Waals surface area (Å²) in [5.41, 5.74) is 0.830. The number of likely N-dealkylation sites (tertiary alicyclic amines) is 1. The molecular formula is C22H33N3O4. The van der Waals surface area contributed by atoms with E-state index in [0.717, 1.165) is 24.3 Å². The van der Waals surface area contributed by atoms with E-state index in [1.807, 2.05) is 41.0 Å². The van der Waals surface area contributed by atoms with Crippen LogP contribution < -0.4 is 15.0 Å². The maximum absolute atomic E-state index is 13.2. The van der Waals surface area contributed by atoms with Gasteiger partial charge in [-0.1, -0.05) is 19.1 Å². The number of anilines is 1. The normalized spacial score (nSPS) is 19.4. The first-order valence-electron chi connectivity index (χ1n) is 10.8. The zero-order valence-electron chi connectivity index (χ0n) is 17.6. The monoisotopic (exact) mass is 403 g/mol. The van der Waals surface area contributed by atoms with Gasteiger partial charge >= 0.3 is 6.03 Å². The van der Waals surface area contributed by atoms with Crippen LogP contribution in [0.25, 0.3) is 0 Å². The molecule has 0 radical (unpaired) electrons. The number of urea groups is 1. The number of ether oxygens (including phenoxy) is 2. The van der Waals surface area contributed by atoms with Gasteiger partial charge in [-0.3, -0.25) is 9.69 Å². The molecule has 0 bridgehead atoms. The van der Waals surface area contributed by atoms with Crippen molar-refractivity contribution in [1.82, 2.24) is 10.2 Å². The zero-order valence-corrected chi connectivity index (χ0v) is 17.6. The van der Waals surface area contributed by atoms with Crippen LogP contribution in [0.3, 0.4) is 0 Å². The minimum absolute atomic E-state index is 0.00820. The quantitative estimate of drug-likeness (QED) is 0.711. The number of hydrogen-bond acceptors (Lipinski definition) is 4. The van der Waals surface area contributed by atoms with Gasteiger partial charge in [0.25, 0.3) is 0 Å². The average Bonchev–Trinajstić information content (AvgIpc) is 2.77. The van der Waals surface area contributed by atoms with Gasteiger partial charge in [0.15, 0.2) is 0 Å². The number of carbonyl (C=O) groups is 2. The fraction of sp³-hybridized carbons (Fsp3) is 0.636. The molecule has 0 aromatic heterocycles. The summed E-state index contributed by atoms with van der Waals surface area (Å²) in [6.07, 6.45) is 3.09. The summed E-state index contributed by atoms with van der Waals surface area (Å²) in [7, 11) is 0. The van der Waals surface area contributed by atoms with Crippen LogP contribution in [0.1, 0.15) is 39.5 Å². The topological polar surface area (TPSA) is 71.1 Å². The molecule has 1 atom stereocenters. The van der Waals surface area contributed by atoms with E-state index in [0.29, 0.717) is 52.2 Å². The van der Waals surface area contributed by atoms with Gasteiger partial charge < -0.3 is 19.7 Å². The second-order valence-corrected chi connectivity index (χ2v) is 7.61. The van der Waals surface area contributed by atoms with Crippen molar-refractivity contribution in [3.05, 3.63) is 24.3 Å². The molecule has 1 fully saturated rings. The lowest BCUT2D eigenvalue weighted by atomic mass is 9.96. The highest BCUT2D eigenvalue weighted by Crippen LogP contribution is 2.34. The van der Waals surface area contributed by atoms with Gasteiger partial charge in [-0.15, -0.1) is 0 Å². The molecule has 7 nitrogen and oxygen atoms in total. The van der Waals surface area contributed by atoms with Crippen molar-refractivity contribution in [3.8, 4) is 5.75 Å². The lowest BCUT2D eigenvalue weighted by Gasteiger charge is -2.39. The number of carbonyl (C=O) groups excluding carboxylic acids is 2. The number of hydrogen-bond donors (Lipinski definition) is 1. The zero-order chi connectivity index (χ0) is 20.6. The Kier molecular flexibility index (Phi) is 7.75. The standard InChI is InChI=1S/C22H33N3O4/c1-3-18-16-25(19-8-5-6-9-20(19)29-18)22(27)24-13-10-17(11-14-24)21(26)23-12-7-15-28-4-2/h5-6,8-9,17-18H,3-4,7,10-16H2,1-2H3,(H,23,26). The van der Waals surface area contributed by atoms with Gasteiger partial charge in [-0.25, -0.2) is 4.79 Å². The second-order valence-electron chi connectivity index (χ2n) is 7.61. The van der Waals surface area contributed by atoms with E-state index in [2.05, 4.69) is 12.2 Å². The fourth-order valence-corrected chi connectivity index (χ4v) is 3.87. The van der Waals surface area contributed by atoms with Gasteiger partial charge in [0.1, 0.15) is 11.9 Å². The minimum atomic E-state index is -0.0218. The molecule has 1 unspecified atom stereocenters. The van der Waals surface area contributed by atoms with Crippen molar-refractivity contribution >= 4 is 17.6 Å². The molecule has 7 heteroatoms. The highest BCUT2D eigenvalue weighted by molar-refractivity contribution is 5.94. The van der Waals surface area contributed by atoms with E-state index in [9.17, 15) is 9.59 Å². The predicted octanol–water partition coefficient (Wildman–Crippen LogP) is 3.04. The smallest absolute Gasteiger partial charge is 0.324 e. The predicted molar refractivity (Wildman–Crippen MR) is 112 cm³/mol. The van der Waals surface area contributed by atoms with Crippen molar-refractivity contribution in [3.63, 3.8) is 0 Å². The van der Waals surface area contributed by atoms with E-state index in [-0.39, 0.29) is 24.0 Å². The molecule has 160 valence electrons. The number of amides is 3. The fourth-order valence-electron chi connectivity index (χ4n) is 3.87. The van der Waals surface area contributed by atoms with Crippen LogP contribution in [0.2, 0.25) is 0 Å². The van der Waals surface area contributed by atoms with Crippen LogP contribution >= 0.6 is 0 Å². The Bertz CT molecular complexity index is 688. The SMILES string of the molecule is CCOCCCNC(=O)C1CCN(C(=O)N2CC(CC)Oc3ccccc32)CC1. The third-order valence-corrected chi connectivity index (χ3v) is 5.63. The maximum Gasteiger partial charge on any atom is 0.324 e. The molecule has 3 rings (SSSR count). The van der Waals surface area contributed by atoms with Crippen molar-refractivity contribution in [2.24, 2.45) is 5.92 Å². The molecular weight excluding hydrogens is 370 g/mol. The molecule has 0 saturated carbocycles. The first-order chi connectivity index (χ1) is 14.1. The van der Waals surface area contributed by atoms with Crippen LogP contribution in [0.15, 0.2) is 24.3 Å². The molecule has 2 aliphatic rings. The summed E-state index contributed by atoms with van der Waals surface area (Å²) in [6.45, 7) is 7.81. The van der Waals surface area contributed by atoms with Gasteiger partial charge in [-0.2, -0.15) is 0 Å². The van der Waals surface area contributed by atoms with Gasteiger partial charge in [0, 0.05) is 38.8 Å². The Morgan fingerprint density at radius 3 is 2.69 bits per heavy atom. The number of piperidine rings is 1. The summed E-state index contributed by atoms with van der Waals surface area (Å²) in [6, 6.07) is 7.71. The minimum Gasteiger partial charge on any atom is -0.486 e. The molecule has 2 aliphatic heterocycles. The number of fused-ring (bicyclic) bond motifs is 1.